The number of halogens is 1. The van der Waals surface area contributed by atoms with Crippen LogP contribution >= 0.6 is 0 Å². The van der Waals surface area contributed by atoms with E-state index in [4.69, 9.17) is 14.2 Å². The number of piperidine rings is 1. The molecule has 0 amide bonds. The number of nitrogens with zero attached hydrogens (tertiary/aromatic N) is 1. The van der Waals surface area contributed by atoms with E-state index in [1.54, 1.807) is 12.1 Å². The molecule has 3 aliphatic heterocycles. The molecular weight excluding hydrogens is 377 g/mol. The molecule has 158 valence electrons. The Labute approximate surface area is 170 Å². The zero-order valence-electron chi connectivity index (χ0n) is 16.7. The number of ether oxygens (including phenoxy) is 3. The fourth-order valence-electron chi connectivity index (χ4n) is 5.02. The van der Waals surface area contributed by atoms with Gasteiger partial charge in [0.15, 0.2) is 0 Å². The molecule has 7 heteroatoms. The Bertz CT molecular complexity index is 735. The van der Waals surface area contributed by atoms with Crippen LogP contribution in [-0.2, 0) is 23.8 Å². The third-order valence-corrected chi connectivity index (χ3v) is 6.52. The zero-order valence-corrected chi connectivity index (χ0v) is 16.7. The maximum atomic E-state index is 13.4. The topological polar surface area (TPSA) is 68.4 Å². The quantitative estimate of drug-likeness (QED) is 0.489. The van der Waals surface area contributed by atoms with Gasteiger partial charge in [-0.05, 0) is 43.4 Å². The van der Waals surface area contributed by atoms with Crippen molar-refractivity contribution in [1.82, 2.24) is 4.90 Å². The number of fused-ring (bicyclic) bond motifs is 2. The number of methoxy groups -OCH3 is 1. The van der Waals surface area contributed by atoms with E-state index in [9.17, 15) is 14.0 Å². The lowest BCUT2D eigenvalue weighted by Crippen LogP contribution is -2.51. The number of hydrogen-bond acceptors (Lipinski definition) is 6. The van der Waals surface area contributed by atoms with Crippen LogP contribution in [0.2, 0.25) is 0 Å². The summed E-state index contributed by atoms with van der Waals surface area (Å²) in [5.41, 5.74) is 0.979. The maximum absolute atomic E-state index is 13.4. The highest BCUT2D eigenvalue weighted by Gasteiger charge is 2.50. The Morgan fingerprint density at radius 1 is 1.24 bits per heavy atom. The van der Waals surface area contributed by atoms with Crippen LogP contribution < -0.4 is 0 Å². The zero-order chi connectivity index (χ0) is 20.4. The summed E-state index contributed by atoms with van der Waals surface area (Å²) in [6.07, 6.45) is 4.06. The standard InChI is InChI=1S/C22H28FNO5/c1-27-22(26)21-18(14-2-4-15(23)5-3-14)12-16-6-8-19(21)24(16)10-11-28-20(25)9-7-17-13-29-17/h2-5,16-19,21H,6-13H2,1H3. The van der Waals surface area contributed by atoms with Crippen molar-refractivity contribution in [2.75, 3.05) is 26.9 Å². The van der Waals surface area contributed by atoms with E-state index in [1.165, 1.54) is 19.2 Å². The summed E-state index contributed by atoms with van der Waals surface area (Å²) >= 11 is 0. The predicted octanol–water partition coefficient (Wildman–Crippen LogP) is 2.66. The first-order valence-corrected chi connectivity index (χ1v) is 10.4. The third-order valence-electron chi connectivity index (χ3n) is 6.52. The van der Waals surface area contributed by atoms with Gasteiger partial charge in [-0.15, -0.1) is 0 Å². The fourth-order valence-corrected chi connectivity index (χ4v) is 5.02. The summed E-state index contributed by atoms with van der Waals surface area (Å²) in [6, 6.07) is 6.82. The Morgan fingerprint density at radius 3 is 2.69 bits per heavy atom. The monoisotopic (exact) mass is 405 g/mol. The SMILES string of the molecule is COC(=O)C1C(c2ccc(F)cc2)CC2CCC1N2CCOC(=O)CCC1CO1. The van der Waals surface area contributed by atoms with Gasteiger partial charge in [-0.1, -0.05) is 12.1 Å². The van der Waals surface area contributed by atoms with Gasteiger partial charge in [-0.25, -0.2) is 4.39 Å². The molecule has 0 spiro atoms. The molecule has 6 nitrogen and oxygen atoms in total. The number of rotatable bonds is 8. The van der Waals surface area contributed by atoms with Crippen LogP contribution in [0.25, 0.3) is 0 Å². The number of benzene rings is 1. The van der Waals surface area contributed by atoms with Crippen molar-refractivity contribution in [3.8, 4) is 0 Å². The third kappa shape index (κ3) is 4.61. The van der Waals surface area contributed by atoms with Gasteiger partial charge in [0.2, 0.25) is 0 Å². The number of hydrogen-bond donors (Lipinski definition) is 0. The molecule has 5 atom stereocenters. The van der Waals surface area contributed by atoms with Crippen LogP contribution in [0, 0.1) is 11.7 Å². The lowest BCUT2D eigenvalue weighted by atomic mass is 9.76. The second-order valence-electron chi connectivity index (χ2n) is 8.19. The van der Waals surface area contributed by atoms with E-state index in [1.807, 2.05) is 0 Å². The van der Waals surface area contributed by atoms with E-state index in [0.29, 0.717) is 25.6 Å². The molecule has 0 aromatic heterocycles. The molecule has 0 aliphatic carbocycles. The van der Waals surface area contributed by atoms with Crippen LogP contribution in [-0.4, -0.2) is 61.9 Å². The van der Waals surface area contributed by atoms with E-state index < -0.39 is 0 Å². The van der Waals surface area contributed by atoms with Crippen molar-refractivity contribution in [2.24, 2.45) is 5.92 Å². The summed E-state index contributed by atoms with van der Waals surface area (Å²) in [4.78, 5) is 26.9. The molecule has 0 N–H and O–H groups in total. The Balaban J connectivity index is 1.39. The number of carbonyl (C=O) groups is 2. The van der Waals surface area contributed by atoms with Crippen LogP contribution in [0.4, 0.5) is 4.39 Å². The van der Waals surface area contributed by atoms with E-state index in [2.05, 4.69) is 4.90 Å². The molecule has 1 aromatic rings. The highest BCUT2D eigenvalue weighted by molar-refractivity contribution is 5.75. The fraction of sp³-hybridized carbons (Fsp3) is 0.636. The highest BCUT2D eigenvalue weighted by atomic mass is 19.1. The second-order valence-corrected chi connectivity index (χ2v) is 8.19. The van der Waals surface area contributed by atoms with E-state index in [-0.39, 0.29) is 41.7 Å². The Morgan fingerprint density at radius 2 is 2.00 bits per heavy atom. The van der Waals surface area contributed by atoms with E-state index >= 15 is 0 Å². The van der Waals surface area contributed by atoms with Crippen LogP contribution in [0.1, 0.15) is 43.6 Å². The molecule has 3 heterocycles. The largest absolute Gasteiger partial charge is 0.469 e. The van der Waals surface area contributed by atoms with Gasteiger partial charge in [-0.3, -0.25) is 14.5 Å². The van der Waals surface area contributed by atoms with Crippen molar-refractivity contribution in [2.45, 2.75) is 56.2 Å². The smallest absolute Gasteiger partial charge is 0.310 e. The first kappa shape index (κ1) is 20.3. The van der Waals surface area contributed by atoms with Crippen molar-refractivity contribution in [3.63, 3.8) is 0 Å². The summed E-state index contributed by atoms with van der Waals surface area (Å²) in [5.74, 6) is -0.988. The molecule has 0 saturated carbocycles. The van der Waals surface area contributed by atoms with Crippen molar-refractivity contribution < 1.29 is 28.2 Å². The molecule has 3 fully saturated rings. The average molecular weight is 405 g/mol. The summed E-state index contributed by atoms with van der Waals surface area (Å²) in [7, 11) is 1.42. The lowest BCUT2D eigenvalue weighted by molar-refractivity contribution is -0.152. The minimum atomic E-state index is -0.299. The molecule has 5 unspecified atom stereocenters. The lowest BCUT2D eigenvalue weighted by Gasteiger charge is -2.43. The van der Waals surface area contributed by atoms with Crippen LogP contribution in [0.3, 0.4) is 0 Å². The van der Waals surface area contributed by atoms with Gasteiger partial charge in [-0.2, -0.15) is 0 Å². The van der Waals surface area contributed by atoms with Gasteiger partial charge in [0, 0.05) is 31.0 Å². The molecule has 4 rings (SSSR count). The molecule has 1 aromatic carbocycles. The summed E-state index contributed by atoms with van der Waals surface area (Å²) in [6.45, 7) is 1.69. The summed E-state index contributed by atoms with van der Waals surface area (Å²) < 4.78 is 29.0. The minimum absolute atomic E-state index is 0.0119. The summed E-state index contributed by atoms with van der Waals surface area (Å²) in [5, 5.41) is 0. The molecule has 3 saturated heterocycles. The number of carbonyl (C=O) groups excluding carboxylic acids is 2. The molecular formula is C22H28FNO5. The van der Waals surface area contributed by atoms with Crippen LogP contribution in [0.5, 0.6) is 0 Å². The van der Waals surface area contributed by atoms with E-state index in [0.717, 1.165) is 37.9 Å². The van der Waals surface area contributed by atoms with Crippen molar-refractivity contribution in [3.05, 3.63) is 35.6 Å². The van der Waals surface area contributed by atoms with Crippen LogP contribution in [0.15, 0.2) is 24.3 Å². The highest BCUT2D eigenvalue weighted by Crippen LogP contribution is 2.47. The average Bonchev–Trinajstić information content (AvgIpc) is 3.51. The Hall–Kier alpha value is -1.99. The van der Waals surface area contributed by atoms with Gasteiger partial charge < -0.3 is 14.2 Å². The normalized spacial score (nSPS) is 30.8. The van der Waals surface area contributed by atoms with Crippen molar-refractivity contribution >= 4 is 11.9 Å². The molecule has 3 aliphatic rings. The molecule has 29 heavy (non-hydrogen) atoms. The van der Waals surface area contributed by atoms with Gasteiger partial charge >= 0.3 is 11.9 Å². The Kier molecular flexibility index (Phi) is 6.15. The predicted molar refractivity (Wildman–Crippen MR) is 103 cm³/mol. The molecule has 2 bridgehead atoms. The van der Waals surface area contributed by atoms with Gasteiger partial charge in [0.1, 0.15) is 12.4 Å². The number of esters is 2. The second kappa shape index (κ2) is 8.79. The van der Waals surface area contributed by atoms with Crippen molar-refractivity contribution in [1.29, 1.82) is 0 Å². The maximum Gasteiger partial charge on any atom is 0.310 e. The first-order valence-electron chi connectivity index (χ1n) is 10.4. The van der Waals surface area contributed by atoms with Gasteiger partial charge in [0.05, 0.1) is 25.7 Å². The first-order chi connectivity index (χ1) is 14.1. The number of epoxide rings is 1. The minimum Gasteiger partial charge on any atom is -0.469 e. The molecule has 0 radical (unpaired) electrons. The van der Waals surface area contributed by atoms with Gasteiger partial charge in [0.25, 0.3) is 0 Å².